The lowest BCUT2D eigenvalue weighted by Gasteiger charge is -2.02. The van der Waals surface area contributed by atoms with E-state index in [9.17, 15) is 24.0 Å². The van der Waals surface area contributed by atoms with E-state index in [1.54, 1.807) is 12.1 Å². The zero-order chi connectivity index (χ0) is 13.7. The van der Waals surface area contributed by atoms with Crippen LogP contribution in [0.5, 0.6) is 5.75 Å². The molecule has 0 radical (unpaired) electrons. The van der Waals surface area contributed by atoms with Crippen LogP contribution >= 0.6 is 0 Å². The van der Waals surface area contributed by atoms with Crippen molar-refractivity contribution in [3.8, 4) is 5.75 Å². The molecule has 0 heterocycles. The quantitative estimate of drug-likeness (QED) is 0.235. The summed E-state index contributed by atoms with van der Waals surface area (Å²) in [5, 5.41) is 0. The van der Waals surface area contributed by atoms with Crippen molar-refractivity contribution in [2.45, 2.75) is 6.92 Å². The van der Waals surface area contributed by atoms with E-state index < -0.39 is 23.3 Å². The van der Waals surface area contributed by atoms with Crippen LogP contribution in [0.4, 0.5) is 0 Å². The van der Waals surface area contributed by atoms with Crippen LogP contribution in [0.3, 0.4) is 0 Å². The van der Waals surface area contributed by atoms with Crippen LogP contribution in [0.1, 0.15) is 5.56 Å². The number of aryl methyl sites for hydroxylation is 1. The summed E-state index contributed by atoms with van der Waals surface area (Å²) in [6, 6.07) is 6.11. The van der Waals surface area contributed by atoms with Crippen molar-refractivity contribution >= 4 is 29.6 Å². The fourth-order valence-electron chi connectivity index (χ4n) is 1.02. The first-order valence-corrected chi connectivity index (χ1v) is 4.82. The van der Waals surface area contributed by atoms with Crippen LogP contribution in [0.15, 0.2) is 24.3 Å². The molecule has 0 saturated carbocycles. The number of carbonyl (C=O) groups is 5. The Morgan fingerprint density at radius 1 is 1.00 bits per heavy atom. The predicted molar refractivity (Wildman–Crippen MR) is 57.9 cm³/mol. The van der Waals surface area contributed by atoms with Crippen molar-refractivity contribution in [3.63, 3.8) is 0 Å². The van der Waals surface area contributed by atoms with Gasteiger partial charge in [0.15, 0.2) is 6.29 Å². The fraction of sp³-hybridized carbons (Fsp3) is 0.0833. The van der Waals surface area contributed by atoms with Crippen LogP contribution in [0, 0.1) is 6.92 Å². The molecular weight excluding hydrogens is 240 g/mol. The van der Waals surface area contributed by atoms with E-state index in [2.05, 4.69) is 4.74 Å². The first kappa shape index (κ1) is 13.4. The van der Waals surface area contributed by atoms with Gasteiger partial charge in [-0.1, -0.05) is 17.7 Å². The smallest absolute Gasteiger partial charge is 0.388 e. The maximum Gasteiger partial charge on any atom is 0.388 e. The van der Waals surface area contributed by atoms with E-state index in [-0.39, 0.29) is 12.0 Å². The van der Waals surface area contributed by atoms with Crippen LogP contribution in [-0.4, -0.2) is 29.6 Å². The average Bonchev–Trinajstić information content (AvgIpc) is 2.38. The lowest BCUT2D eigenvalue weighted by molar-refractivity contribution is -0.154. The number of esters is 1. The number of ketones is 3. The summed E-state index contributed by atoms with van der Waals surface area (Å²) in [5.41, 5.74) is 0.910. The SMILES string of the molecule is Cc1ccc(OC(=O)C(=O)C(=O)C(=O)C=O)cc1. The third-order valence-corrected chi connectivity index (χ3v) is 1.95. The summed E-state index contributed by atoms with van der Waals surface area (Å²) in [6.45, 7) is 1.81. The third-order valence-electron chi connectivity index (χ3n) is 1.95. The molecule has 0 bridgehead atoms. The number of hydrogen-bond donors (Lipinski definition) is 0. The van der Waals surface area contributed by atoms with Crippen molar-refractivity contribution in [2.24, 2.45) is 0 Å². The number of hydrogen-bond acceptors (Lipinski definition) is 6. The Hall–Kier alpha value is -2.63. The minimum absolute atomic E-state index is 0.0605. The van der Waals surface area contributed by atoms with Gasteiger partial charge in [0.2, 0.25) is 0 Å². The van der Waals surface area contributed by atoms with Gasteiger partial charge in [-0.2, -0.15) is 0 Å². The van der Waals surface area contributed by atoms with Crippen molar-refractivity contribution in [1.29, 1.82) is 0 Å². The van der Waals surface area contributed by atoms with E-state index in [1.807, 2.05) is 6.92 Å². The number of carbonyl (C=O) groups excluding carboxylic acids is 5. The number of ether oxygens (including phenoxy) is 1. The minimum Gasteiger partial charge on any atom is -0.420 e. The van der Waals surface area contributed by atoms with Crippen molar-refractivity contribution < 1.29 is 28.7 Å². The van der Waals surface area contributed by atoms with E-state index in [0.29, 0.717) is 0 Å². The van der Waals surface area contributed by atoms with Crippen molar-refractivity contribution in [3.05, 3.63) is 29.8 Å². The Balaban J connectivity index is 2.74. The largest absolute Gasteiger partial charge is 0.420 e. The normalized spacial score (nSPS) is 9.39. The highest BCUT2D eigenvalue weighted by molar-refractivity contribution is 6.83. The summed E-state index contributed by atoms with van der Waals surface area (Å²) < 4.78 is 4.57. The predicted octanol–water partition coefficient (Wildman–Crippen LogP) is -0.193. The third kappa shape index (κ3) is 3.18. The summed E-state index contributed by atoms with van der Waals surface area (Å²) in [6.07, 6.45) is -0.334. The number of Topliss-reactive ketones (excluding diaryl/α,β-unsaturated/α-hetero) is 3. The molecule has 0 amide bonds. The molecule has 0 aliphatic rings. The summed E-state index contributed by atoms with van der Waals surface area (Å²) >= 11 is 0. The molecule has 6 heteroatoms. The molecule has 1 aromatic carbocycles. The van der Waals surface area contributed by atoms with Crippen LogP contribution in [0.25, 0.3) is 0 Å². The second-order valence-electron chi connectivity index (χ2n) is 3.34. The Morgan fingerprint density at radius 2 is 1.56 bits per heavy atom. The lowest BCUT2D eigenvalue weighted by atomic mass is 10.2. The maximum atomic E-state index is 11.2. The van der Waals surface area contributed by atoms with Gasteiger partial charge in [-0.15, -0.1) is 0 Å². The van der Waals surface area contributed by atoms with Gasteiger partial charge in [0.25, 0.3) is 11.6 Å². The van der Waals surface area contributed by atoms with Gasteiger partial charge in [-0.05, 0) is 19.1 Å². The Bertz CT molecular complexity index is 526. The standard InChI is InChI=1S/C12H8O6/c1-7-2-4-8(5-3-7)18-12(17)11(16)10(15)9(14)6-13/h2-6H,1H3. The van der Waals surface area contributed by atoms with Gasteiger partial charge in [0, 0.05) is 0 Å². The van der Waals surface area contributed by atoms with Crippen LogP contribution < -0.4 is 4.74 Å². The van der Waals surface area contributed by atoms with Gasteiger partial charge in [0.05, 0.1) is 0 Å². The maximum absolute atomic E-state index is 11.2. The van der Waals surface area contributed by atoms with Gasteiger partial charge >= 0.3 is 11.8 Å². The van der Waals surface area contributed by atoms with E-state index in [4.69, 9.17) is 0 Å². The second kappa shape index (κ2) is 5.62. The zero-order valence-electron chi connectivity index (χ0n) is 9.34. The number of rotatable bonds is 5. The van der Waals surface area contributed by atoms with Crippen molar-refractivity contribution in [1.82, 2.24) is 0 Å². The summed E-state index contributed by atoms with van der Waals surface area (Å²) in [7, 11) is 0. The molecule has 92 valence electrons. The van der Waals surface area contributed by atoms with E-state index in [1.165, 1.54) is 12.1 Å². The van der Waals surface area contributed by atoms with Crippen LogP contribution in [-0.2, 0) is 24.0 Å². The van der Waals surface area contributed by atoms with Gasteiger partial charge in [-0.3, -0.25) is 19.2 Å². The number of aldehydes is 1. The topological polar surface area (TPSA) is 94.6 Å². The highest BCUT2D eigenvalue weighted by atomic mass is 16.5. The molecule has 1 rings (SSSR count). The Morgan fingerprint density at radius 3 is 2.06 bits per heavy atom. The minimum atomic E-state index is -1.71. The zero-order valence-corrected chi connectivity index (χ0v) is 9.34. The van der Waals surface area contributed by atoms with E-state index >= 15 is 0 Å². The van der Waals surface area contributed by atoms with Crippen LogP contribution in [0.2, 0.25) is 0 Å². The second-order valence-corrected chi connectivity index (χ2v) is 3.34. The molecule has 0 unspecified atom stereocenters. The lowest BCUT2D eigenvalue weighted by Crippen LogP contribution is -2.33. The first-order valence-electron chi connectivity index (χ1n) is 4.82. The molecule has 0 aromatic heterocycles. The van der Waals surface area contributed by atoms with Crippen molar-refractivity contribution in [2.75, 3.05) is 0 Å². The molecule has 0 aliphatic heterocycles. The van der Waals surface area contributed by atoms with Gasteiger partial charge in [0.1, 0.15) is 5.75 Å². The Labute approximate surface area is 102 Å². The molecule has 0 aliphatic carbocycles. The molecule has 0 fully saturated rings. The van der Waals surface area contributed by atoms with E-state index in [0.717, 1.165) is 5.56 Å². The molecular formula is C12H8O6. The summed E-state index contributed by atoms with van der Waals surface area (Å²) in [5.74, 6) is -6.40. The summed E-state index contributed by atoms with van der Waals surface area (Å²) in [4.78, 5) is 53.8. The molecule has 0 spiro atoms. The molecule has 18 heavy (non-hydrogen) atoms. The highest BCUT2D eigenvalue weighted by Gasteiger charge is 2.30. The molecule has 1 aromatic rings. The van der Waals surface area contributed by atoms with Gasteiger partial charge < -0.3 is 4.74 Å². The molecule has 6 nitrogen and oxygen atoms in total. The number of benzene rings is 1. The molecule has 0 N–H and O–H groups in total. The monoisotopic (exact) mass is 248 g/mol. The first-order chi connectivity index (χ1) is 8.45. The molecule has 0 saturated heterocycles. The average molecular weight is 248 g/mol. The Kier molecular flexibility index (Phi) is 4.20. The molecule has 0 atom stereocenters. The fourth-order valence-corrected chi connectivity index (χ4v) is 1.02. The van der Waals surface area contributed by atoms with Gasteiger partial charge in [-0.25, -0.2) is 4.79 Å². The highest BCUT2D eigenvalue weighted by Crippen LogP contribution is 2.11.